The Morgan fingerprint density at radius 3 is 2.33 bits per heavy atom. The third-order valence-corrected chi connectivity index (χ3v) is 1.89. The topological polar surface area (TPSA) is 34.1 Å². The Hall–Kier alpha value is -0.310. The van der Waals surface area contributed by atoms with Gasteiger partial charge in [-0.05, 0) is 6.92 Å². The summed E-state index contributed by atoms with van der Waals surface area (Å²) in [6.45, 7) is 3.27. The third-order valence-electron chi connectivity index (χ3n) is 0.725. The van der Waals surface area contributed by atoms with Crippen molar-refractivity contribution in [1.29, 1.82) is 0 Å². The van der Waals surface area contributed by atoms with Gasteiger partial charge in [-0.15, -0.1) is 0 Å². The van der Waals surface area contributed by atoms with Crippen molar-refractivity contribution in [1.82, 2.24) is 0 Å². The highest BCUT2D eigenvalue weighted by molar-refractivity contribution is 8.14. The SMILES string of the molecule is CCC(=O)SCC(C)=O. The van der Waals surface area contributed by atoms with Gasteiger partial charge in [0, 0.05) is 6.42 Å². The molecule has 0 amide bonds. The second kappa shape index (κ2) is 4.56. The first-order chi connectivity index (χ1) is 4.16. The van der Waals surface area contributed by atoms with Crippen LogP contribution in [-0.4, -0.2) is 16.7 Å². The summed E-state index contributed by atoms with van der Waals surface area (Å²) in [7, 11) is 0. The molecule has 0 radical (unpaired) electrons. The van der Waals surface area contributed by atoms with E-state index in [1.54, 1.807) is 6.92 Å². The Kier molecular flexibility index (Phi) is 4.40. The predicted molar refractivity (Wildman–Crippen MR) is 38.4 cm³/mol. The number of ketones is 1. The minimum Gasteiger partial charge on any atom is -0.299 e. The zero-order valence-electron chi connectivity index (χ0n) is 5.64. The van der Waals surface area contributed by atoms with Crippen LogP contribution in [-0.2, 0) is 9.59 Å². The molecular weight excluding hydrogens is 136 g/mol. The number of carbonyl (C=O) groups is 2. The number of rotatable bonds is 3. The van der Waals surface area contributed by atoms with Gasteiger partial charge in [0.2, 0.25) is 0 Å². The van der Waals surface area contributed by atoms with E-state index in [0.717, 1.165) is 11.8 Å². The van der Waals surface area contributed by atoms with Gasteiger partial charge in [0.25, 0.3) is 0 Å². The van der Waals surface area contributed by atoms with E-state index in [0.29, 0.717) is 12.2 Å². The van der Waals surface area contributed by atoms with Crippen LogP contribution in [0.1, 0.15) is 20.3 Å². The van der Waals surface area contributed by atoms with E-state index >= 15 is 0 Å². The van der Waals surface area contributed by atoms with Crippen LogP contribution in [0.5, 0.6) is 0 Å². The van der Waals surface area contributed by atoms with E-state index in [-0.39, 0.29) is 10.9 Å². The van der Waals surface area contributed by atoms with Crippen molar-refractivity contribution in [3.8, 4) is 0 Å². The number of hydrogen-bond acceptors (Lipinski definition) is 3. The van der Waals surface area contributed by atoms with Crippen molar-refractivity contribution in [2.75, 3.05) is 5.75 Å². The molecule has 0 fully saturated rings. The van der Waals surface area contributed by atoms with Gasteiger partial charge in [0.1, 0.15) is 5.78 Å². The molecule has 9 heavy (non-hydrogen) atoms. The van der Waals surface area contributed by atoms with E-state index in [1.165, 1.54) is 6.92 Å². The summed E-state index contributed by atoms with van der Waals surface area (Å²) in [5.74, 6) is 0.383. The minimum absolute atomic E-state index is 0.0572. The summed E-state index contributed by atoms with van der Waals surface area (Å²) in [4.78, 5) is 20.8. The van der Waals surface area contributed by atoms with Gasteiger partial charge >= 0.3 is 0 Å². The standard InChI is InChI=1S/C6H10O2S/c1-3-6(8)9-4-5(2)7/h3-4H2,1-2H3. The molecule has 0 aromatic rings. The minimum atomic E-state index is 0.0572. The molecule has 0 bridgehead atoms. The van der Waals surface area contributed by atoms with Crippen LogP contribution < -0.4 is 0 Å². The molecule has 0 aliphatic rings. The average molecular weight is 146 g/mol. The fraction of sp³-hybridized carbons (Fsp3) is 0.667. The maximum absolute atomic E-state index is 10.5. The Balaban J connectivity index is 3.28. The summed E-state index contributed by atoms with van der Waals surface area (Å²) in [5, 5.41) is 0.0881. The van der Waals surface area contributed by atoms with E-state index in [4.69, 9.17) is 0 Å². The first kappa shape index (κ1) is 8.69. The molecule has 0 aliphatic carbocycles. The Morgan fingerprint density at radius 1 is 1.44 bits per heavy atom. The fourth-order valence-corrected chi connectivity index (χ4v) is 0.853. The van der Waals surface area contributed by atoms with Gasteiger partial charge in [-0.2, -0.15) is 0 Å². The molecule has 0 N–H and O–H groups in total. The van der Waals surface area contributed by atoms with Crippen molar-refractivity contribution in [3.63, 3.8) is 0 Å². The van der Waals surface area contributed by atoms with E-state index < -0.39 is 0 Å². The van der Waals surface area contributed by atoms with Crippen molar-refractivity contribution in [2.45, 2.75) is 20.3 Å². The van der Waals surface area contributed by atoms with Crippen LogP contribution >= 0.6 is 11.8 Å². The van der Waals surface area contributed by atoms with E-state index in [9.17, 15) is 9.59 Å². The van der Waals surface area contributed by atoms with Crippen LogP contribution in [0, 0.1) is 0 Å². The van der Waals surface area contributed by atoms with Crippen LogP contribution in [0.4, 0.5) is 0 Å². The lowest BCUT2D eigenvalue weighted by Gasteiger charge is -1.90. The molecule has 0 unspecified atom stereocenters. The van der Waals surface area contributed by atoms with Gasteiger partial charge < -0.3 is 0 Å². The summed E-state index contributed by atoms with van der Waals surface area (Å²) >= 11 is 1.10. The molecule has 0 rings (SSSR count). The highest BCUT2D eigenvalue weighted by Gasteiger charge is 1.99. The highest BCUT2D eigenvalue weighted by atomic mass is 32.2. The lowest BCUT2D eigenvalue weighted by Crippen LogP contribution is -1.97. The molecule has 0 saturated heterocycles. The van der Waals surface area contributed by atoms with Gasteiger partial charge in [-0.25, -0.2) is 0 Å². The molecule has 0 atom stereocenters. The number of hydrogen-bond donors (Lipinski definition) is 0. The maximum atomic E-state index is 10.5. The fourth-order valence-electron chi connectivity index (χ4n) is 0.284. The molecule has 0 heterocycles. The van der Waals surface area contributed by atoms with Crippen molar-refractivity contribution in [2.24, 2.45) is 0 Å². The summed E-state index contributed by atoms with van der Waals surface area (Å²) < 4.78 is 0. The van der Waals surface area contributed by atoms with Gasteiger partial charge in [0.15, 0.2) is 5.12 Å². The smallest absolute Gasteiger partial charge is 0.189 e. The summed E-state index contributed by atoms with van der Waals surface area (Å²) in [6.07, 6.45) is 0.512. The normalized spacial score (nSPS) is 9.11. The average Bonchev–Trinajstić information content (AvgIpc) is 1.83. The second-order valence-electron chi connectivity index (χ2n) is 1.72. The zero-order chi connectivity index (χ0) is 7.28. The molecule has 0 spiro atoms. The lowest BCUT2D eigenvalue weighted by molar-refractivity contribution is -0.115. The van der Waals surface area contributed by atoms with E-state index in [2.05, 4.69) is 0 Å². The quantitative estimate of drug-likeness (QED) is 0.601. The zero-order valence-corrected chi connectivity index (χ0v) is 6.46. The van der Waals surface area contributed by atoms with Gasteiger partial charge in [0.05, 0.1) is 5.75 Å². The number of Topliss-reactive ketones (excluding diaryl/α,β-unsaturated/α-hetero) is 1. The Morgan fingerprint density at radius 2 is 2.00 bits per heavy atom. The summed E-state index contributed by atoms with van der Waals surface area (Å²) in [6, 6.07) is 0. The number of carbonyl (C=O) groups excluding carboxylic acids is 2. The first-order valence-corrected chi connectivity index (χ1v) is 3.80. The largest absolute Gasteiger partial charge is 0.299 e. The van der Waals surface area contributed by atoms with Gasteiger partial charge in [-0.3, -0.25) is 9.59 Å². The van der Waals surface area contributed by atoms with Gasteiger partial charge in [-0.1, -0.05) is 18.7 Å². The molecule has 0 aliphatic heterocycles. The van der Waals surface area contributed by atoms with Crippen molar-refractivity contribution < 1.29 is 9.59 Å². The Bertz CT molecular complexity index is 120. The lowest BCUT2D eigenvalue weighted by atomic mass is 10.5. The van der Waals surface area contributed by atoms with Crippen LogP contribution in [0.2, 0.25) is 0 Å². The second-order valence-corrected chi connectivity index (χ2v) is 2.75. The van der Waals surface area contributed by atoms with Crippen molar-refractivity contribution >= 4 is 22.7 Å². The molecular formula is C6H10O2S. The first-order valence-electron chi connectivity index (χ1n) is 2.82. The highest BCUT2D eigenvalue weighted by Crippen LogP contribution is 2.03. The third kappa shape index (κ3) is 5.56. The molecule has 0 saturated carbocycles. The molecule has 0 aromatic heterocycles. The van der Waals surface area contributed by atoms with Crippen LogP contribution in [0.25, 0.3) is 0 Å². The monoisotopic (exact) mass is 146 g/mol. The molecule has 3 heteroatoms. The van der Waals surface area contributed by atoms with Crippen molar-refractivity contribution in [3.05, 3.63) is 0 Å². The predicted octanol–water partition coefficient (Wildman–Crippen LogP) is 1.25. The Labute approximate surface area is 59.0 Å². The maximum Gasteiger partial charge on any atom is 0.189 e. The molecule has 52 valence electrons. The number of thioether (sulfide) groups is 1. The van der Waals surface area contributed by atoms with E-state index in [1.807, 2.05) is 0 Å². The van der Waals surface area contributed by atoms with Crippen LogP contribution in [0.3, 0.4) is 0 Å². The van der Waals surface area contributed by atoms with Crippen LogP contribution in [0.15, 0.2) is 0 Å². The molecule has 2 nitrogen and oxygen atoms in total. The summed E-state index contributed by atoms with van der Waals surface area (Å²) in [5.41, 5.74) is 0. The molecule has 0 aromatic carbocycles.